The number of nitrogens with zero attached hydrogens (tertiary/aromatic N) is 1. The quantitative estimate of drug-likeness (QED) is 0.102. The van der Waals surface area contributed by atoms with Gasteiger partial charge in [-0.3, -0.25) is 0 Å². The van der Waals surface area contributed by atoms with Gasteiger partial charge in [0.2, 0.25) is 6.08 Å². The molecule has 0 radical (unpaired) electrons. The minimum absolute atomic E-state index is 0.209. The number of carbonyl (C=O) groups is 1. The van der Waals surface area contributed by atoms with Crippen LogP contribution in [0.25, 0.3) is 0 Å². The SMILES string of the molecule is C=C(C)C(=O)OC[Si](C)(OCC)OCC.CO[Si](CCCN=C=O)(OC)OC. The van der Waals surface area contributed by atoms with E-state index in [9.17, 15) is 9.59 Å². The summed E-state index contributed by atoms with van der Waals surface area (Å²) in [4.78, 5) is 24.4. The minimum atomic E-state index is -2.46. The maximum atomic E-state index is 11.2. The van der Waals surface area contributed by atoms with E-state index in [4.69, 9.17) is 26.9 Å². The molecule has 0 atom stereocenters. The molecule has 0 aromatic rings. The van der Waals surface area contributed by atoms with Crippen LogP contribution in [0.1, 0.15) is 27.2 Å². The zero-order valence-electron chi connectivity index (χ0n) is 18.2. The second-order valence-electron chi connectivity index (χ2n) is 5.73. The van der Waals surface area contributed by atoms with E-state index in [1.165, 1.54) is 6.08 Å². The summed E-state index contributed by atoms with van der Waals surface area (Å²) in [6.45, 7) is 12.4. The number of isocyanates is 1. The van der Waals surface area contributed by atoms with Crippen molar-refractivity contribution in [2.75, 3.05) is 47.3 Å². The number of rotatable bonds is 14. The molecule has 0 fully saturated rings. The van der Waals surface area contributed by atoms with Gasteiger partial charge in [-0.05, 0) is 33.7 Å². The van der Waals surface area contributed by atoms with Gasteiger partial charge in [0.05, 0.1) is 6.54 Å². The molecule has 0 saturated carbocycles. The maximum Gasteiger partial charge on any atom is 0.500 e. The van der Waals surface area contributed by atoms with E-state index >= 15 is 0 Å². The Labute approximate surface area is 170 Å². The number of hydrogen-bond acceptors (Lipinski definition) is 9. The molecule has 0 bridgehead atoms. The minimum Gasteiger partial charge on any atom is -0.460 e. The molecule has 0 aliphatic rings. The Morgan fingerprint density at radius 1 is 1.07 bits per heavy atom. The third-order valence-corrected chi connectivity index (χ3v) is 8.76. The van der Waals surface area contributed by atoms with Crippen molar-refractivity contribution in [1.82, 2.24) is 0 Å². The monoisotopic (exact) mass is 437 g/mol. The van der Waals surface area contributed by atoms with Crippen LogP contribution in [0, 0.1) is 0 Å². The Morgan fingerprint density at radius 2 is 1.57 bits per heavy atom. The van der Waals surface area contributed by atoms with Gasteiger partial charge >= 0.3 is 23.3 Å². The lowest BCUT2D eigenvalue weighted by atomic mass is 10.4. The number of carbonyl (C=O) groups excluding carboxylic acids is 2. The average molecular weight is 438 g/mol. The van der Waals surface area contributed by atoms with E-state index in [-0.39, 0.29) is 6.23 Å². The molecule has 11 heteroatoms. The third-order valence-electron chi connectivity index (χ3n) is 3.46. The van der Waals surface area contributed by atoms with Crippen LogP contribution in [0.15, 0.2) is 17.1 Å². The predicted molar refractivity (Wildman–Crippen MR) is 110 cm³/mol. The van der Waals surface area contributed by atoms with Crippen molar-refractivity contribution in [3.8, 4) is 0 Å². The van der Waals surface area contributed by atoms with E-state index in [0.717, 1.165) is 0 Å². The molecule has 0 aliphatic heterocycles. The molecule has 0 aromatic carbocycles. The van der Waals surface area contributed by atoms with E-state index < -0.39 is 23.3 Å². The Morgan fingerprint density at radius 3 is 1.93 bits per heavy atom. The van der Waals surface area contributed by atoms with Crippen LogP contribution in [0.4, 0.5) is 0 Å². The van der Waals surface area contributed by atoms with Gasteiger partial charge in [-0.1, -0.05) is 6.58 Å². The van der Waals surface area contributed by atoms with Crippen LogP contribution in [-0.4, -0.2) is 76.7 Å². The first-order valence-corrected chi connectivity index (χ1v) is 13.4. The lowest BCUT2D eigenvalue weighted by Gasteiger charge is -2.25. The molecular formula is C17H35NO8Si2. The van der Waals surface area contributed by atoms with Gasteiger partial charge in [0, 0.05) is 46.2 Å². The van der Waals surface area contributed by atoms with Crippen molar-refractivity contribution in [2.45, 2.75) is 39.8 Å². The highest BCUT2D eigenvalue weighted by molar-refractivity contribution is 6.66. The molecule has 0 N–H and O–H groups in total. The van der Waals surface area contributed by atoms with Crippen LogP contribution in [0.2, 0.25) is 12.6 Å². The Balaban J connectivity index is 0. The van der Waals surface area contributed by atoms with Crippen molar-refractivity contribution in [3.05, 3.63) is 12.2 Å². The Bertz CT molecular complexity index is 479. The van der Waals surface area contributed by atoms with Gasteiger partial charge in [-0.2, -0.15) is 0 Å². The summed E-state index contributed by atoms with van der Waals surface area (Å²) >= 11 is 0. The van der Waals surface area contributed by atoms with E-state index in [1.54, 1.807) is 28.3 Å². The summed E-state index contributed by atoms with van der Waals surface area (Å²) < 4.78 is 31.6. The standard InChI is InChI=1S/C10H20O4Si.C7H15NO4Si/c1-6-13-15(5,14-7-2)8-12-10(11)9(3)4;1-10-13(11-2,12-3)6-4-5-8-7-9/h3,6-8H2,1-2,4-5H3;4-6H2,1-3H3. The highest BCUT2D eigenvalue weighted by Crippen LogP contribution is 2.14. The zero-order chi connectivity index (χ0) is 22.1. The largest absolute Gasteiger partial charge is 0.500 e. The van der Waals surface area contributed by atoms with Gasteiger partial charge in [-0.15, -0.1) is 0 Å². The first-order valence-electron chi connectivity index (χ1n) is 8.99. The van der Waals surface area contributed by atoms with Crippen LogP contribution in [0.5, 0.6) is 0 Å². The van der Waals surface area contributed by atoms with Crippen LogP contribution in [0.3, 0.4) is 0 Å². The predicted octanol–water partition coefficient (Wildman–Crippen LogP) is 2.38. The summed E-state index contributed by atoms with van der Waals surface area (Å²) in [6.07, 6.45) is 2.39. The van der Waals surface area contributed by atoms with Crippen LogP contribution >= 0.6 is 0 Å². The summed E-state index contributed by atoms with van der Waals surface area (Å²) in [7, 11) is -0.126. The molecule has 0 heterocycles. The van der Waals surface area contributed by atoms with Crippen molar-refractivity contribution in [3.63, 3.8) is 0 Å². The van der Waals surface area contributed by atoms with E-state index in [0.29, 0.717) is 37.8 Å². The molecule has 0 unspecified atom stereocenters. The van der Waals surface area contributed by atoms with E-state index in [2.05, 4.69) is 11.6 Å². The molecule has 9 nitrogen and oxygen atoms in total. The van der Waals surface area contributed by atoms with Gasteiger partial charge < -0.3 is 26.9 Å². The van der Waals surface area contributed by atoms with Crippen LogP contribution in [-0.2, 0) is 36.5 Å². The number of aliphatic imine (C=N–C) groups is 1. The second-order valence-corrected chi connectivity index (χ2v) is 12.0. The summed E-state index contributed by atoms with van der Waals surface area (Å²) in [6, 6.07) is 0.654. The Kier molecular flexibility index (Phi) is 17.4. The number of esters is 1. The summed E-state index contributed by atoms with van der Waals surface area (Å²) in [5, 5.41) is 0. The number of ether oxygens (including phenoxy) is 1. The van der Waals surface area contributed by atoms with Crippen LogP contribution < -0.4 is 0 Å². The van der Waals surface area contributed by atoms with Crippen molar-refractivity contribution < 1.29 is 36.5 Å². The summed E-state index contributed by atoms with van der Waals surface area (Å²) in [5.41, 5.74) is 0.388. The fraction of sp³-hybridized carbons (Fsp3) is 0.765. The summed E-state index contributed by atoms with van der Waals surface area (Å²) in [5.74, 6) is -0.395. The van der Waals surface area contributed by atoms with Gasteiger partial charge in [0.25, 0.3) is 0 Å². The molecule has 28 heavy (non-hydrogen) atoms. The highest BCUT2D eigenvalue weighted by Gasteiger charge is 2.36. The number of hydrogen-bond donors (Lipinski definition) is 0. The highest BCUT2D eigenvalue weighted by atomic mass is 28.4. The molecule has 0 aromatic heterocycles. The topological polar surface area (TPSA) is 102 Å². The van der Waals surface area contributed by atoms with Gasteiger partial charge in [-0.25, -0.2) is 14.6 Å². The van der Waals surface area contributed by atoms with Crippen molar-refractivity contribution in [2.24, 2.45) is 4.99 Å². The first kappa shape index (κ1) is 29.0. The lowest BCUT2D eigenvalue weighted by molar-refractivity contribution is -0.138. The lowest BCUT2D eigenvalue weighted by Crippen LogP contribution is -2.45. The first-order chi connectivity index (χ1) is 13.2. The second kappa shape index (κ2) is 16.7. The smallest absolute Gasteiger partial charge is 0.460 e. The van der Waals surface area contributed by atoms with E-state index in [1.807, 2.05) is 20.4 Å². The fourth-order valence-corrected chi connectivity index (χ4v) is 5.60. The molecule has 0 rings (SSSR count). The van der Waals surface area contributed by atoms with Gasteiger partial charge in [0.1, 0.15) is 6.23 Å². The Hall–Kier alpha value is -1.18. The molecule has 0 saturated heterocycles. The van der Waals surface area contributed by atoms with Crippen molar-refractivity contribution >= 4 is 29.4 Å². The molecule has 0 aliphatic carbocycles. The third kappa shape index (κ3) is 13.1. The maximum absolute atomic E-state index is 11.2. The normalized spacial score (nSPS) is 11.1. The van der Waals surface area contributed by atoms with Gasteiger partial charge in [0.15, 0.2) is 0 Å². The molecule has 0 amide bonds. The molecule has 0 spiro atoms. The average Bonchev–Trinajstić information content (AvgIpc) is 2.68. The molecule has 164 valence electrons. The fourth-order valence-electron chi connectivity index (χ4n) is 2.03. The zero-order valence-corrected chi connectivity index (χ0v) is 20.2. The molecular weight excluding hydrogens is 402 g/mol. The van der Waals surface area contributed by atoms with Crippen molar-refractivity contribution in [1.29, 1.82) is 0 Å².